The van der Waals surface area contributed by atoms with E-state index in [1.165, 1.54) is 0 Å². The van der Waals surface area contributed by atoms with Crippen molar-refractivity contribution < 1.29 is 9.59 Å². The number of rotatable bonds is 8. The third-order valence-corrected chi connectivity index (χ3v) is 3.18. The summed E-state index contributed by atoms with van der Waals surface area (Å²) in [6, 6.07) is 0. The van der Waals surface area contributed by atoms with E-state index in [4.69, 9.17) is 5.73 Å². The molecule has 20 heavy (non-hydrogen) atoms. The van der Waals surface area contributed by atoms with Gasteiger partial charge < -0.3 is 16.4 Å². The van der Waals surface area contributed by atoms with E-state index in [1.807, 2.05) is 20.8 Å². The first-order chi connectivity index (χ1) is 9.15. The van der Waals surface area contributed by atoms with Gasteiger partial charge in [0.1, 0.15) is 0 Å². The molecule has 0 aliphatic heterocycles. The Morgan fingerprint density at radius 1 is 1.10 bits per heavy atom. The Balaban J connectivity index is 3.97. The van der Waals surface area contributed by atoms with Crippen molar-refractivity contribution in [3.05, 3.63) is 0 Å². The first kappa shape index (κ1) is 18.9. The van der Waals surface area contributed by atoms with Crippen LogP contribution in [-0.4, -0.2) is 30.4 Å². The number of carbonyl (C=O) groups is 2. The van der Waals surface area contributed by atoms with Crippen LogP contribution in [0.3, 0.4) is 0 Å². The van der Waals surface area contributed by atoms with Gasteiger partial charge in [0.05, 0.1) is 6.54 Å². The maximum Gasteiger partial charge on any atom is 0.239 e. The third-order valence-electron chi connectivity index (χ3n) is 3.18. The van der Waals surface area contributed by atoms with Crippen molar-refractivity contribution in [2.24, 2.45) is 17.6 Å². The summed E-state index contributed by atoms with van der Waals surface area (Å²) in [4.78, 5) is 23.3. The van der Waals surface area contributed by atoms with Crippen molar-refractivity contribution in [3.8, 4) is 0 Å². The fourth-order valence-corrected chi connectivity index (χ4v) is 2.07. The van der Waals surface area contributed by atoms with E-state index in [9.17, 15) is 9.59 Å². The van der Waals surface area contributed by atoms with Crippen LogP contribution in [0.4, 0.5) is 0 Å². The second-order valence-electron chi connectivity index (χ2n) is 6.70. The lowest BCUT2D eigenvalue weighted by molar-refractivity contribution is -0.127. The van der Waals surface area contributed by atoms with Crippen LogP contribution in [0.2, 0.25) is 0 Å². The van der Waals surface area contributed by atoms with Gasteiger partial charge in [0.25, 0.3) is 0 Å². The zero-order chi connectivity index (χ0) is 15.8. The summed E-state index contributed by atoms with van der Waals surface area (Å²) in [7, 11) is 0. The number of hydrogen-bond donors (Lipinski definition) is 3. The first-order valence-electron chi connectivity index (χ1n) is 7.43. The fraction of sp³-hybridized carbons (Fsp3) is 0.867. The van der Waals surface area contributed by atoms with E-state index in [1.54, 1.807) is 0 Å². The van der Waals surface area contributed by atoms with Gasteiger partial charge >= 0.3 is 0 Å². The molecule has 1 unspecified atom stereocenters. The standard InChI is InChI=1S/C15H31N3O2/c1-11(2)12(8-9-16)6-7-13(19)17-10-14(20)18-15(3,4)5/h11-12H,6-10,16H2,1-5H3,(H,17,19)(H,18,20). The Kier molecular flexibility index (Phi) is 8.46. The second kappa shape index (κ2) is 8.95. The van der Waals surface area contributed by atoms with E-state index in [2.05, 4.69) is 24.5 Å². The Morgan fingerprint density at radius 3 is 2.15 bits per heavy atom. The van der Waals surface area contributed by atoms with Crippen molar-refractivity contribution in [2.45, 2.75) is 59.4 Å². The number of nitrogens with two attached hydrogens (primary N) is 1. The molecule has 0 fully saturated rings. The summed E-state index contributed by atoms with van der Waals surface area (Å²) in [6.45, 7) is 10.7. The first-order valence-corrected chi connectivity index (χ1v) is 7.43. The maximum atomic E-state index is 11.7. The molecule has 118 valence electrons. The summed E-state index contributed by atoms with van der Waals surface area (Å²) in [5.74, 6) is 0.759. The largest absolute Gasteiger partial charge is 0.350 e. The lowest BCUT2D eigenvalue weighted by Crippen LogP contribution is -2.45. The van der Waals surface area contributed by atoms with Crippen LogP contribution in [0, 0.1) is 11.8 Å². The van der Waals surface area contributed by atoms with Gasteiger partial charge in [-0.2, -0.15) is 0 Å². The Bertz CT molecular complexity index is 309. The van der Waals surface area contributed by atoms with Crippen molar-refractivity contribution in [1.82, 2.24) is 10.6 Å². The number of carbonyl (C=O) groups excluding carboxylic acids is 2. The van der Waals surface area contributed by atoms with Gasteiger partial charge in [-0.15, -0.1) is 0 Å². The van der Waals surface area contributed by atoms with Gasteiger partial charge in [-0.25, -0.2) is 0 Å². The molecule has 0 spiro atoms. The minimum Gasteiger partial charge on any atom is -0.350 e. The van der Waals surface area contributed by atoms with Crippen LogP contribution in [0.15, 0.2) is 0 Å². The molecule has 5 nitrogen and oxygen atoms in total. The van der Waals surface area contributed by atoms with Crippen molar-refractivity contribution in [2.75, 3.05) is 13.1 Å². The monoisotopic (exact) mass is 285 g/mol. The smallest absolute Gasteiger partial charge is 0.239 e. The molecule has 0 saturated carbocycles. The van der Waals surface area contributed by atoms with Crippen LogP contribution in [0.25, 0.3) is 0 Å². The van der Waals surface area contributed by atoms with Gasteiger partial charge in [-0.05, 0) is 52.0 Å². The van der Waals surface area contributed by atoms with Gasteiger partial charge in [-0.3, -0.25) is 9.59 Å². The lowest BCUT2D eigenvalue weighted by atomic mass is 9.88. The molecule has 4 N–H and O–H groups in total. The molecule has 0 radical (unpaired) electrons. The van der Waals surface area contributed by atoms with Crippen LogP contribution in [-0.2, 0) is 9.59 Å². The lowest BCUT2D eigenvalue weighted by Gasteiger charge is -2.21. The fourth-order valence-electron chi connectivity index (χ4n) is 2.07. The zero-order valence-corrected chi connectivity index (χ0v) is 13.6. The number of hydrogen-bond acceptors (Lipinski definition) is 3. The van der Waals surface area contributed by atoms with E-state index >= 15 is 0 Å². The van der Waals surface area contributed by atoms with E-state index < -0.39 is 0 Å². The Hall–Kier alpha value is -1.10. The van der Waals surface area contributed by atoms with Crippen molar-refractivity contribution >= 4 is 11.8 Å². The molecule has 5 heteroatoms. The van der Waals surface area contributed by atoms with Gasteiger partial charge in [-0.1, -0.05) is 13.8 Å². The average molecular weight is 285 g/mol. The van der Waals surface area contributed by atoms with Gasteiger partial charge in [0.2, 0.25) is 11.8 Å². The molecular formula is C15H31N3O2. The Labute approximate surface area is 123 Å². The highest BCUT2D eigenvalue weighted by molar-refractivity contribution is 5.84. The molecule has 0 bridgehead atoms. The average Bonchev–Trinajstić information content (AvgIpc) is 2.29. The minimum absolute atomic E-state index is 0.0410. The molecule has 0 aromatic rings. The number of amides is 2. The third kappa shape index (κ3) is 9.78. The maximum absolute atomic E-state index is 11.7. The SMILES string of the molecule is CC(C)C(CCN)CCC(=O)NCC(=O)NC(C)(C)C. The molecule has 0 aromatic heterocycles. The molecule has 0 heterocycles. The highest BCUT2D eigenvalue weighted by Gasteiger charge is 2.16. The number of nitrogens with one attached hydrogen (secondary N) is 2. The minimum atomic E-state index is -0.272. The van der Waals surface area contributed by atoms with Crippen LogP contribution >= 0.6 is 0 Å². The summed E-state index contributed by atoms with van der Waals surface area (Å²) in [6.07, 6.45) is 2.21. The highest BCUT2D eigenvalue weighted by Crippen LogP contribution is 2.20. The van der Waals surface area contributed by atoms with Crippen LogP contribution in [0.5, 0.6) is 0 Å². The van der Waals surface area contributed by atoms with Gasteiger partial charge in [0, 0.05) is 12.0 Å². The second-order valence-corrected chi connectivity index (χ2v) is 6.70. The molecule has 0 aliphatic carbocycles. The van der Waals surface area contributed by atoms with E-state index in [0.717, 1.165) is 12.8 Å². The molecule has 1 atom stereocenters. The van der Waals surface area contributed by atoms with Crippen molar-refractivity contribution in [3.63, 3.8) is 0 Å². The van der Waals surface area contributed by atoms with E-state index in [-0.39, 0.29) is 23.9 Å². The predicted molar refractivity (Wildman–Crippen MR) is 82.1 cm³/mol. The van der Waals surface area contributed by atoms with E-state index in [0.29, 0.717) is 24.8 Å². The summed E-state index contributed by atoms with van der Waals surface area (Å²) < 4.78 is 0. The van der Waals surface area contributed by atoms with Crippen LogP contribution in [0.1, 0.15) is 53.9 Å². The normalized spacial score (nSPS) is 13.2. The summed E-state index contributed by atoms with van der Waals surface area (Å²) in [5.41, 5.74) is 5.31. The Morgan fingerprint density at radius 2 is 1.70 bits per heavy atom. The molecule has 0 aliphatic rings. The molecule has 2 amide bonds. The molecule has 0 saturated heterocycles. The molecule has 0 rings (SSSR count). The predicted octanol–water partition coefficient (Wildman–Crippen LogP) is 1.42. The summed E-state index contributed by atoms with van der Waals surface area (Å²) >= 11 is 0. The zero-order valence-electron chi connectivity index (χ0n) is 13.6. The molecule has 0 aromatic carbocycles. The topological polar surface area (TPSA) is 84.2 Å². The summed E-state index contributed by atoms with van der Waals surface area (Å²) in [5, 5.41) is 5.47. The van der Waals surface area contributed by atoms with Crippen molar-refractivity contribution in [1.29, 1.82) is 0 Å². The van der Waals surface area contributed by atoms with Crippen LogP contribution < -0.4 is 16.4 Å². The van der Waals surface area contributed by atoms with Gasteiger partial charge in [0.15, 0.2) is 0 Å². The molecular weight excluding hydrogens is 254 g/mol. The highest BCUT2D eigenvalue weighted by atomic mass is 16.2. The quantitative estimate of drug-likeness (QED) is 0.630.